The molecule has 0 radical (unpaired) electrons. The first kappa shape index (κ1) is 17.5. The molecule has 0 amide bonds. The third kappa shape index (κ3) is 3.08. The maximum absolute atomic E-state index is 13.0. The van der Waals surface area contributed by atoms with Crippen molar-refractivity contribution in [3.8, 4) is 0 Å². The van der Waals surface area contributed by atoms with Crippen LogP contribution in [-0.4, -0.2) is 84.4 Å². The van der Waals surface area contributed by atoms with Crippen molar-refractivity contribution in [2.45, 2.75) is 56.1 Å². The highest BCUT2D eigenvalue weighted by molar-refractivity contribution is 5.84. The van der Waals surface area contributed by atoms with Gasteiger partial charge in [0.15, 0.2) is 6.10 Å². The van der Waals surface area contributed by atoms with Crippen molar-refractivity contribution in [1.29, 1.82) is 0 Å². The Morgan fingerprint density at radius 2 is 2.05 bits per heavy atom. The molecule has 1 saturated heterocycles. The maximum Gasteiger partial charge on any atom is 0.417 e. The van der Waals surface area contributed by atoms with Gasteiger partial charge in [0.2, 0.25) is 0 Å². The van der Waals surface area contributed by atoms with Crippen LogP contribution in [0, 0.1) is 0 Å². The molecule has 0 bridgehead atoms. The van der Waals surface area contributed by atoms with E-state index in [1.54, 1.807) is 7.05 Å². The molecule has 1 unspecified atom stereocenters. The average Bonchev–Trinajstić information content (AvgIpc) is 2.86. The van der Waals surface area contributed by atoms with E-state index in [0.29, 0.717) is 18.8 Å². The maximum atomic E-state index is 13.0. The van der Waals surface area contributed by atoms with Gasteiger partial charge in [-0.25, -0.2) is 0 Å². The Kier molecular flexibility index (Phi) is 5.00. The quantitative estimate of drug-likeness (QED) is 0.774. The minimum atomic E-state index is -4.70. The summed E-state index contributed by atoms with van der Waals surface area (Å²) in [4.78, 5) is 6.11. The second kappa shape index (κ2) is 6.31. The van der Waals surface area contributed by atoms with E-state index in [9.17, 15) is 23.4 Å². The lowest BCUT2D eigenvalue weighted by Gasteiger charge is -2.41. The third-order valence-electron chi connectivity index (χ3n) is 4.22. The van der Waals surface area contributed by atoms with Crippen LogP contribution in [0.2, 0.25) is 0 Å². The van der Waals surface area contributed by atoms with Crippen LogP contribution in [-0.2, 0) is 9.47 Å². The highest BCUT2D eigenvalue weighted by atomic mass is 19.4. The van der Waals surface area contributed by atoms with Crippen molar-refractivity contribution >= 4 is 5.84 Å². The Balaban J connectivity index is 2.19. The summed E-state index contributed by atoms with van der Waals surface area (Å²) in [7, 11) is 2.69. The van der Waals surface area contributed by atoms with Crippen molar-refractivity contribution in [3.05, 3.63) is 0 Å². The summed E-state index contributed by atoms with van der Waals surface area (Å²) < 4.78 is 48.8. The monoisotopic (exact) mass is 326 g/mol. The zero-order valence-electron chi connectivity index (χ0n) is 12.6. The van der Waals surface area contributed by atoms with Crippen molar-refractivity contribution in [2.75, 3.05) is 20.7 Å². The first-order chi connectivity index (χ1) is 10.2. The van der Waals surface area contributed by atoms with Gasteiger partial charge in [0.05, 0.1) is 6.10 Å². The number of aliphatic imine (C=N–C) groups is 1. The normalized spacial score (nSPS) is 36.7. The fourth-order valence-electron chi connectivity index (χ4n) is 2.85. The zero-order chi connectivity index (χ0) is 16.7. The number of alkyl halides is 3. The molecule has 0 aromatic carbocycles. The van der Waals surface area contributed by atoms with Crippen LogP contribution in [0.1, 0.15) is 13.3 Å². The predicted molar refractivity (Wildman–Crippen MR) is 71.7 cm³/mol. The van der Waals surface area contributed by atoms with E-state index < -0.39 is 42.7 Å². The van der Waals surface area contributed by atoms with E-state index in [-0.39, 0.29) is 0 Å². The molecule has 0 aromatic heterocycles. The van der Waals surface area contributed by atoms with Gasteiger partial charge in [0, 0.05) is 27.1 Å². The number of hydrogen-bond acceptors (Lipinski definition) is 6. The lowest BCUT2D eigenvalue weighted by molar-refractivity contribution is -0.285. The van der Waals surface area contributed by atoms with Gasteiger partial charge in [-0.05, 0) is 6.92 Å². The van der Waals surface area contributed by atoms with Gasteiger partial charge < -0.3 is 24.6 Å². The topological polar surface area (TPSA) is 74.5 Å². The minimum Gasteiger partial charge on any atom is -0.388 e. The molecule has 6 nitrogen and oxygen atoms in total. The predicted octanol–water partition coefficient (Wildman–Crippen LogP) is 0.175. The van der Waals surface area contributed by atoms with Crippen LogP contribution in [0.5, 0.6) is 0 Å². The molecule has 6 atom stereocenters. The van der Waals surface area contributed by atoms with Gasteiger partial charge in [0.1, 0.15) is 30.2 Å². The Labute approximate surface area is 126 Å². The van der Waals surface area contributed by atoms with Crippen LogP contribution in [0.15, 0.2) is 4.99 Å². The van der Waals surface area contributed by atoms with Gasteiger partial charge in [-0.1, -0.05) is 0 Å². The van der Waals surface area contributed by atoms with E-state index >= 15 is 0 Å². The summed E-state index contributed by atoms with van der Waals surface area (Å²) in [5, 5.41) is 20.1. The fraction of sp³-hybridized carbons (Fsp3) is 0.923. The molecular formula is C13H21F3N2O4. The van der Waals surface area contributed by atoms with Crippen LogP contribution in [0.3, 0.4) is 0 Å². The number of hydrogen-bond donors (Lipinski definition) is 2. The Bertz CT molecular complexity index is 432. The number of amidine groups is 1. The van der Waals surface area contributed by atoms with Crippen LogP contribution < -0.4 is 0 Å². The molecule has 1 fully saturated rings. The molecule has 2 N–H and O–H groups in total. The molecular weight excluding hydrogens is 305 g/mol. The molecule has 0 aromatic rings. The summed E-state index contributed by atoms with van der Waals surface area (Å²) in [5.74, 6) is 0.644. The number of nitrogens with zero attached hydrogens (tertiary/aromatic N) is 2. The smallest absolute Gasteiger partial charge is 0.388 e. The molecule has 2 heterocycles. The second-order valence-electron chi connectivity index (χ2n) is 5.57. The van der Waals surface area contributed by atoms with E-state index in [0.717, 1.165) is 7.11 Å². The molecule has 128 valence electrons. The Morgan fingerprint density at radius 3 is 2.55 bits per heavy atom. The van der Waals surface area contributed by atoms with Crippen molar-refractivity contribution < 1.29 is 32.9 Å². The largest absolute Gasteiger partial charge is 0.417 e. The van der Waals surface area contributed by atoms with Crippen molar-refractivity contribution in [2.24, 2.45) is 4.99 Å². The van der Waals surface area contributed by atoms with Gasteiger partial charge in [-0.15, -0.1) is 0 Å². The molecule has 9 heteroatoms. The van der Waals surface area contributed by atoms with Gasteiger partial charge >= 0.3 is 6.18 Å². The summed E-state index contributed by atoms with van der Waals surface area (Å²) >= 11 is 0. The van der Waals surface area contributed by atoms with Gasteiger partial charge in [0.25, 0.3) is 0 Å². The SMILES string of the molecule is CCN(C)C1=N[C@@H]2[C@@H](O)[C@H](O)C([C@@H](OC)C(F)(F)F)O[C@@H]2C1. The van der Waals surface area contributed by atoms with Gasteiger partial charge in [-0.2, -0.15) is 13.2 Å². The molecule has 0 saturated carbocycles. The summed E-state index contributed by atoms with van der Waals surface area (Å²) in [6.07, 6.45) is -12.2. The molecule has 0 spiro atoms. The van der Waals surface area contributed by atoms with E-state index in [1.807, 2.05) is 11.8 Å². The second-order valence-corrected chi connectivity index (χ2v) is 5.57. The number of ether oxygens (including phenoxy) is 2. The molecule has 2 rings (SSSR count). The highest BCUT2D eigenvalue weighted by Crippen LogP contribution is 2.36. The Hall–Kier alpha value is -0.900. The lowest BCUT2D eigenvalue weighted by Crippen LogP contribution is -2.61. The fourth-order valence-corrected chi connectivity index (χ4v) is 2.85. The van der Waals surface area contributed by atoms with Crippen molar-refractivity contribution in [1.82, 2.24) is 4.90 Å². The van der Waals surface area contributed by atoms with Crippen LogP contribution >= 0.6 is 0 Å². The molecule has 2 aliphatic rings. The van der Waals surface area contributed by atoms with Crippen LogP contribution in [0.4, 0.5) is 13.2 Å². The molecule has 22 heavy (non-hydrogen) atoms. The summed E-state index contributed by atoms with van der Waals surface area (Å²) in [5.41, 5.74) is 0. The number of methoxy groups -OCH3 is 1. The Morgan fingerprint density at radius 1 is 1.41 bits per heavy atom. The molecule has 2 aliphatic heterocycles. The number of halogens is 3. The first-order valence-corrected chi connectivity index (χ1v) is 7.09. The third-order valence-corrected chi connectivity index (χ3v) is 4.22. The lowest BCUT2D eigenvalue weighted by atomic mass is 9.90. The number of aliphatic hydroxyl groups is 2. The standard InChI is InChI=1S/C13H21F3N2O4/c1-4-18(2)7-5-6-8(17-7)9(19)10(20)11(22-6)12(21-3)13(14,15)16/h6,8-12,19-20H,4-5H2,1-3H3/t6-,8+,9-,10+,11?,12-/m1/s1. The highest BCUT2D eigenvalue weighted by Gasteiger charge is 2.56. The average molecular weight is 326 g/mol. The van der Waals surface area contributed by atoms with Crippen LogP contribution in [0.25, 0.3) is 0 Å². The molecule has 0 aliphatic carbocycles. The zero-order valence-corrected chi connectivity index (χ0v) is 12.6. The van der Waals surface area contributed by atoms with E-state index in [4.69, 9.17) is 4.74 Å². The van der Waals surface area contributed by atoms with E-state index in [1.165, 1.54) is 0 Å². The van der Waals surface area contributed by atoms with E-state index in [2.05, 4.69) is 9.73 Å². The van der Waals surface area contributed by atoms with Crippen molar-refractivity contribution in [3.63, 3.8) is 0 Å². The number of rotatable bonds is 3. The van der Waals surface area contributed by atoms with Gasteiger partial charge in [-0.3, -0.25) is 4.99 Å². The minimum absolute atomic E-state index is 0.295. The number of aliphatic hydroxyl groups excluding tert-OH is 2. The summed E-state index contributed by atoms with van der Waals surface area (Å²) in [6.45, 7) is 2.58. The summed E-state index contributed by atoms with van der Waals surface area (Å²) in [6, 6.07) is -0.763. The number of fused-ring (bicyclic) bond motifs is 1. The first-order valence-electron chi connectivity index (χ1n) is 7.09.